The first kappa shape index (κ1) is 14.1. The van der Waals surface area contributed by atoms with E-state index in [1.165, 1.54) is 0 Å². The maximum absolute atomic E-state index is 9.02. The number of benzene rings is 1. The van der Waals surface area contributed by atoms with Crippen LogP contribution in [0.1, 0.15) is 12.5 Å². The molecule has 0 saturated carbocycles. The normalized spacial score (nSPS) is 12.2. The fraction of sp³-hybridized carbons (Fsp3) is 0.182. The quantitative estimate of drug-likeness (QED) is 0.285. The van der Waals surface area contributed by atoms with Crippen LogP contribution in [0.2, 0.25) is 0 Å². The zero-order valence-electron chi connectivity index (χ0n) is 10.1. The van der Waals surface area contributed by atoms with Crippen LogP contribution in [0.4, 0.5) is 5.69 Å². The first-order chi connectivity index (χ1) is 8.52. The number of thiocarbonyl (C=S) groups is 1. The molecule has 0 unspecified atom stereocenters. The van der Waals surface area contributed by atoms with Crippen molar-refractivity contribution in [2.45, 2.75) is 13.8 Å². The van der Waals surface area contributed by atoms with Crippen molar-refractivity contribution in [1.82, 2.24) is 10.9 Å². The summed E-state index contributed by atoms with van der Waals surface area (Å²) in [5, 5.41) is 12.9. The summed E-state index contributed by atoms with van der Waals surface area (Å²) in [4.78, 5) is 4.20. The van der Waals surface area contributed by atoms with Crippen LogP contribution in [0.15, 0.2) is 34.4 Å². The van der Waals surface area contributed by atoms with Gasteiger partial charge in [0.05, 0.1) is 5.69 Å². The monoisotopic (exact) mass is 265 g/mol. The van der Waals surface area contributed by atoms with Gasteiger partial charge in [-0.1, -0.05) is 17.7 Å². The highest BCUT2D eigenvalue weighted by atomic mass is 32.1. The molecule has 1 aromatic rings. The molecule has 0 spiro atoms. The molecule has 0 heterocycles. The molecule has 0 bridgehead atoms. The molecule has 0 aliphatic rings. The lowest BCUT2D eigenvalue weighted by Crippen LogP contribution is -2.31. The molecule has 1 aromatic carbocycles. The van der Waals surface area contributed by atoms with Crippen molar-refractivity contribution in [2.24, 2.45) is 15.8 Å². The number of hydrazone groups is 1. The maximum Gasteiger partial charge on any atom is 0.184 e. The fourth-order valence-corrected chi connectivity index (χ4v) is 1.17. The van der Waals surface area contributed by atoms with E-state index in [1.807, 2.05) is 36.7 Å². The van der Waals surface area contributed by atoms with Gasteiger partial charge in [-0.25, -0.2) is 4.99 Å². The van der Waals surface area contributed by atoms with Crippen LogP contribution in [0.3, 0.4) is 0 Å². The van der Waals surface area contributed by atoms with Crippen LogP contribution in [-0.4, -0.2) is 21.9 Å². The van der Waals surface area contributed by atoms with Gasteiger partial charge < -0.3 is 5.73 Å². The second kappa shape index (κ2) is 6.67. The van der Waals surface area contributed by atoms with Gasteiger partial charge in [0.1, 0.15) is 5.71 Å². The van der Waals surface area contributed by atoms with Gasteiger partial charge in [0.15, 0.2) is 10.9 Å². The Balaban J connectivity index is 2.91. The van der Waals surface area contributed by atoms with Gasteiger partial charge in [0.2, 0.25) is 0 Å². The molecule has 7 heteroatoms. The van der Waals surface area contributed by atoms with Crippen molar-refractivity contribution in [1.29, 1.82) is 0 Å². The van der Waals surface area contributed by atoms with Crippen molar-refractivity contribution in [3.05, 3.63) is 29.8 Å². The molecule has 96 valence electrons. The predicted molar refractivity (Wildman–Crippen MR) is 76.2 cm³/mol. The van der Waals surface area contributed by atoms with E-state index in [-0.39, 0.29) is 10.9 Å². The highest BCUT2D eigenvalue weighted by Gasteiger charge is 2.03. The van der Waals surface area contributed by atoms with Crippen LogP contribution in [0.25, 0.3) is 0 Å². The maximum atomic E-state index is 9.02. The number of aryl methyl sites for hydroxylation is 1. The zero-order chi connectivity index (χ0) is 13.5. The molecule has 0 aliphatic carbocycles. The third-order valence-electron chi connectivity index (χ3n) is 2.06. The summed E-state index contributed by atoms with van der Waals surface area (Å²) in [6.07, 6.45) is 0. The molecular weight excluding hydrogens is 250 g/mol. The summed E-state index contributed by atoms with van der Waals surface area (Å²) in [6.45, 7) is 3.64. The first-order valence-corrected chi connectivity index (χ1v) is 5.59. The van der Waals surface area contributed by atoms with E-state index >= 15 is 0 Å². The van der Waals surface area contributed by atoms with Crippen molar-refractivity contribution in [2.75, 3.05) is 0 Å². The average Bonchev–Trinajstić information content (AvgIpc) is 2.35. The number of nitrogens with zero attached hydrogens (tertiary/aromatic N) is 2. The zero-order valence-corrected chi connectivity index (χ0v) is 11.0. The Morgan fingerprint density at radius 3 is 2.44 bits per heavy atom. The molecule has 6 nitrogen and oxygen atoms in total. The third-order valence-corrected chi connectivity index (χ3v) is 2.15. The van der Waals surface area contributed by atoms with Crippen LogP contribution in [0, 0.1) is 6.92 Å². The van der Waals surface area contributed by atoms with Gasteiger partial charge in [0.25, 0.3) is 0 Å². The molecule has 1 rings (SSSR count). The van der Waals surface area contributed by atoms with Crippen LogP contribution in [-0.2, 0) is 0 Å². The van der Waals surface area contributed by atoms with Crippen LogP contribution < -0.4 is 16.6 Å². The molecular formula is C11H15N5OS. The molecule has 0 atom stereocenters. The predicted octanol–water partition coefficient (Wildman–Crippen LogP) is 1.21. The van der Waals surface area contributed by atoms with Gasteiger partial charge in [0, 0.05) is 0 Å². The second-order valence-electron chi connectivity index (χ2n) is 3.58. The van der Waals surface area contributed by atoms with Gasteiger partial charge in [-0.15, -0.1) is 0 Å². The van der Waals surface area contributed by atoms with Crippen LogP contribution >= 0.6 is 12.2 Å². The van der Waals surface area contributed by atoms with Gasteiger partial charge in [-0.2, -0.15) is 5.10 Å². The summed E-state index contributed by atoms with van der Waals surface area (Å²) in [5.74, 6) is 0.211. The topological polar surface area (TPSA) is 95.0 Å². The summed E-state index contributed by atoms with van der Waals surface area (Å²) < 4.78 is 0. The van der Waals surface area contributed by atoms with E-state index in [2.05, 4.69) is 27.7 Å². The molecule has 0 amide bonds. The molecule has 0 saturated heterocycles. The molecule has 0 fully saturated rings. The Morgan fingerprint density at radius 1 is 1.33 bits per heavy atom. The number of nitrogens with two attached hydrogens (primary N) is 1. The summed E-state index contributed by atoms with van der Waals surface area (Å²) in [5.41, 5.74) is 11.9. The number of aliphatic imine (C=N–C) groups is 1. The largest absolute Gasteiger partial charge is 0.375 e. The Hall–Kier alpha value is -1.99. The minimum Gasteiger partial charge on any atom is -0.375 e. The van der Waals surface area contributed by atoms with Crippen LogP contribution in [0.5, 0.6) is 0 Å². The number of amidine groups is 1. The number of hydroxylamine groups is 1. The summed E-state index contributed by atoms with van der Waals surface area (Å²) >= 11 is 4.62. The van der Waals surface area contributed by atoms with Gasteiger partial charge >= 0.3 is 0 Å². The SMILES string of the molecule is C/C(=N/NC(N)=S)C(=Nc1ccc(C)cc1)NO. The minimum atomic E-state index is 0.0435. The lowest BCUT2D eigenvalue weighted by molar-refractivity contribution is 0.236. The third kappa shape index (κ3) is 4.48. The molecule has 5 N–H and O–H groups in total. The summed E-state index contributed by atoms with van der Waals surface area (Å²) in [6, 6.07) is 7.52. The number of nitrogens with one attached hydrogen (secondary N) is 2. The van der Waals surface area contributed by atoms with Crippen molar-refractivity contribution >= 4 is 34.6 Å². The van der Waals surface area contributed by atoms with E-state index in [0.29, 0.717) is 11.4 Å². The van der Waals surface area contributed by atoms with E-state index in [1.54, 1.807) is 6.92 Å². The Kier molecular flexibility index (Phi) is 5.22. The molecule has 0 aliphatic heterocycles. The number of hydrogen-bond donors (Lipinski definition) is 4. The number of rotatable bonds is 3. The van der Waals surface area contributed by atoms with E-state index in [9.17, 15) is 0 Å². The Bertz CT molecular complexity index is 481. The van der Waals surface area contributed by atoms with Gasteiger partial charge in [-0.05, 0) is 38.2 Å². The van der Waals surface area contributed by atoms with Gasteiger partial charge in [-0.3, -0.25) is 16.1 Å². The lowest BCUT2D eigenvalue weighted by atomic mass is 10.2. The van der Waals surface area contributed by atoms with Crippen molar-refractivity contribution in [3.8, 4) is 0 Å². The van der Waals surface area contributed by atoms with E-state index < -0.39 is 0 Å². The molecule has 0 aromatic heterocycles. The fourth-order valence-electron chi connectivity index (χ4n) is 1.13. The Morgan fingerprint density at radius 2 is 1.94 bits per heavy atom. The standard InChI is InChI=1S/C11H15N5OS/c1-7-3-5-9(6-4-7)13-10(16-17)8(2)14-15-11(12)18/h3-6,17H,1-2H3,(H,13,16)(H3,12,15,18)/b14-8-. The number of hydrogen-bond acceptors (Lipinski definition) is 4. The summed E-state index contributed by atoms with van der Waals surface area (Å²) in [7, 11) is 0. The van der Waals surface area contributed by atoms with E-state index in [4.69, 9.17) is 10.9 Å². The minimum absolute atomic E-state index is 0.0435. The first-order valence-electron chi connectivity index (χ1n) is 5.18. The highest BCUT2D eigenvalue weighted by molar-refractivity contribution is 7.80. The highest BCUT2D eigenvalue weighted by Crippen LogP contribution is 2.12. The average molecular weight is 265 g/mol. The lowest BCUT2D eigenvalue weighted by Gasteiger charge is -2.05. The smallest absolute Gasteiger partial charge is 0.184 e. The molecule has 18 heavy (non-hydrogen) atoms. The van der Waals surface area contributed by atoms with Crippen molar-refractivity contribution in [3.63, 3.8) is 0 Å². The second-order valence-corrected chi connectivity index (χ2v) is 4.02. The van der Waals surface area contributed by atoms with E-state index in [0.717, 1.165) is 5.56 Å². The Labute approximate surface area is 111 Å². The van der Waals surface area contributed by atoms with Crippen molar-refractivity contribution < 1.29 is 5.21 Å². The molecule has 0 radical (unpaired) electrons.